The number of ether oxygens (including phenoxy) is 1. The van der Waals surface area contributed by atoms with E-state index in [0.717, 1.165) is 5.69 Å². The van der Waals surface area contributed by atoms with Crippen molar-refractivity contribution < 1.29 is 19.8 Å². The van der Waals surface area contributed by atoms with Crippen LogP contribution in [-0.4, -0.2) is 35.2 Å². The van der Waals surface area contributed by atoms with Crippen molar-refractivity contribution in [1.82, 2.24) is 4.98 Å². The molecule has 0 saturated carbocycles. The van der Waals surface area contributed by atoms with E-state index >= 15 is 0 Å². The average Bonchev–Trinajstić information content (AvgIpc) is 2.53. The van der Waals surface area contributed by atoms with E-state index in [1.54, 1.807) is 24.5 Å². The number of aliphatic imine (C=N–C) groups is 1. The highest BCUT2D eigenvalue weighted by Gasteiger charge is 2.12. The predicted molar refractivity (Wildman–Crippen MR) is 89.7 cm³/mol. The van der Waals surface area contributed by atoms with Crippen LogP contribution in [0, 0.1) is 0 Å². The molecular weight excluding hydrogens is 292 g/mol. The fourth-order valence-corrected chi connectivity index (χ4v) is 1.82. The van der Waals surface area contributed by atoms with Gasteiger partial charge in [-0.25, -0.2) is 4.98 Å². The SMILES string of the molecule is C=CC/C(=C/OCC(O)C[n+]1ccnc(CC=C)c1)N=CC=[NH2+]. The molecule has 6 heteroatoms. The Morgan fingerprint density at radius 1 is 1.48 bits per heavy atom. The van der Waals surface area contributed by atoms with Gasteiger partial charge in [-0.05, 0) is 0 Å². The minimum Gasteiger partial charge on any atom is -0.496 e. The van der Waals surface area contributed by atoms with E-state index in [1.807, 2.05) is 10.8 Å². The summed E-state index contributed by atoms with van der Waals surface area (Å²) in [6, 6.07) is 0. The molecule has 0 aliphatic rings. The fourth-order valence-electron chi connectivity index (χ4n) is 1.82. The maximum atomic E-state index is 10.0. The van der Waals surface area contributed by atoms with Gasteiger partial charge in [-0.15, -0.1) is 13.2 Å². The average molecular weight is 316 g/mol. The summed E-state index contributed by atoms with van der Waals surface area (Å²) in [6.45, 7) is 7.91. The van der Waals surface area contributed by atoms with Crippen molar-refractivity contribution in [3.8, 4) is 0 Å². The van der Waals surface area contributed by atoms with Crippen molar-refractivity contribution in [1.29, 1.82) is 0 Å². The molecule has 0 aliphatic carbocycles. The first kappa shape index (κ1) is 18.4. The molecule has 0 saturated heterocycles. The van der Waals surface area contributed by atoms with Crippen molar-refractivity contribution >= 4 is 12.4 Å². The second kappa shape index (κ2) is 11.0. The standard InChI is InChI=1S/C17H23N4O2/c1-3-5-15-11-21(10-9-20-15)12-17(22)14-23-13-16(6-4-2)19-8-7-18/h3-4,7-11,13,17-18,22H,1-2,5-6,12,14H2/q+1/p+1/b16-13-,18-7?,19-8?. The zero-order valence-electron chi connectivity index (χ0n) is 13.2. The fraction of sp³-hybridized carbons (Fsp3) is 0.294. The number of hydrogen-bond donors (Lipinski definition) is 2. The van der Waals surface area contributed by atoms with Gasteiger partial charge in [0.25, 0.3) is 0 Å². The molecule has 1 aromatic rings. The Morgan fingerprint density at radius 3 is 3.00 bits per heavy atom. The van der Waals surface area contributed by atoms with Crippen LogP contribution in [0.5, 0.6) is 0 Å². The number of aliphatic hydroxyl groups is 1. The van der Waals surface area contributed by atoms with Gasteiger partial charge in [0.1, 0.15) is 24.7 Å². The summed E-state index contributed by atoms with van der Waals surface area (Å²) in [5, 5.41) is 15.3. The molecule has 1 aromatic heterocycles. The van der Waals surface area contributed by atoms with E-state index in [0.29, 0.717) is 25.1 Å². The monoisotopic (exact) mass is 316 g/mol. The largest absolute Gasteiger partial charge is 0.496 e. The summed E-state index contributed by atoms with van der Waals surface area (Å²) >= 11 is 0. The molecule has 0 aliphatic heterocycles. The molecule has 0 spiro atoms. The summed E-state index contributed by atoms with van der Waals surface area (Å²) in [5.74, 6) is 0. The number of rotatable bonds is 11. The normalized spacial score (nSPS) is 12.8. The molecule has 23 heavy (non-hydrogen) atoms. The van der Waals surface area contributed by atoms with Gasteiger partial charge in [-0.3, -0.25) is 10.4 Å². The van der Waals surface area contributed by atoms with Crippen LogP contribution in [0.3, 0.4) is 0 Å². The third-order valence-electron chi connectivity index (χ3n) is 2.78. The minimum absolute atomic E-state index is 0.161. The maximum absolute atomic E-state index is 10.0. The van der Waals surface area contributed by atoms with E-state index in [1.165, 1.54) is 18.7 Å². The van der Waals surface area contributed by atoms with Gasteiger partial charge in [0.15, 0.2) is 25.2 Å². The summed E-state index contributed by atoms with van der Waals surface area (Å²) < 4.78 is 7.25. The van der Waals surface area contributed by atoms with E-state index < -0.39 is 6.10 Å². The lowest BCUT2D eigenvalue weighted by Gasteiger charge is -2.08. The summed E-state index contributed by atoms with van der Waals surface area (Å²) in [5.41, 5.74) is 1.58. The third kappa shape index (κ3) is 7.82. The van der Waals surface area contributed by atoms with Gasteiger partial charge in [0, 0.05) is 12.8 Å². The molecule has 0 fully saturated rings. The highest BCUT2D eigenvalue weighted by Crippen LogP contribution is 2.03. The summed E-state index contributed by atoms with van der Waals surface area (Å²) in [7, 11) is 0. The van der Waals surface area contributed by atoms with Crippen LogP contribution >= 0.6 is 0 Å². The molecule has 0 radical (unpaired) electrons. The first-order chi connectivity index (χ1) is 11.2. The van der Waals surface area contributed by atoms with Crippen molar-refractivity contribution in [2.24, 2.45) is 4.99 Å². The predicted octanol–water partition coefficient (Wildman–Crippen LogP) is -0.207. The van der Waals surface area contributed by atoms with E-state index in [2.05, 4.69) is 23.1 Å². The van der Waals surface area contributed by atoms with Crippen molar-refractivity contribution in [2.45, 2.75) is 25.5 Å². The van der Waals surface area contributed by atoms with Crippen LogP contribution in [0.15, 0.2) is 60.9 Å². The lowest BCUT2D eigenvalue weighted by Crippen LogP contribution is -2.41. The molecule has 1 heterocycles. The molecule has 1 atom stereocenters. The van der Waals surface area contributed by atoms with Gasteiger partial charge in [0.2, 0.25) is 0 Å². The molecule has 1 unspecified atom stereocenters. The van der Waals surface area contributed by atoms with Gasteiger partial charge in [0.05, 0.1) is 18.1 Å². The van der Waals surface area contributed by atoms with Crippen LogP contribution in [0.1, 0.15) is 12.1 Å². The van der Waals surface area contributed by atoms with Gasteiger partial charge < -0.3 is 9.84 Å². The van der Waals surface area contributed by atoms with Crippen LogP contribution < -0.4 is 9.98 Å². The molecule has 1 rings (SSSR count). The Balaban J connectivity index is 2.52. The lowest BCUT2D eigenvalue weighted by molar-refractivity contribution is -0.704. The van der Waals surface area contributed by atoms with Gasteiger partial charge >= 0.3 is 0 Å². The third-order valence-corrected chi connectivity index (χ3v) is 2.78. The van der Waals surface area contributed by atoms with Crippen LogP contribution in [0.2, 0.25) is 0 Å². The second-order valence-electron chi connectivity index (χ2n) is 4.80. The number of aliphatic hydroxyl groups excluding tert-OH is 1. The number of allylic oxidation sites excluding steroid dienone is 2. The van der Waals surface area contributed by atoms with E-state index in [4.69, 9.17) is 10.1 Å². The molecule has 122 valence electrons. The topological polar surface area (TPSA) is 84.2 Å². The van der Waals surface area contributed by atoms with E-state index in [9.17, 15) is 5.11 Å². The first-order valence-electron chi connectivity index (χ1n) is 7.31. The number of hydrogen-bond acceptors (Lipinski definition) is 4. The van der Waals surface area contributed by atoms with Gasteiger partial charge in [-0.1, -0.05) is 12.2 Å². The Hall–Kier alpha value is -2.60. The molecule has 0 bridgehead atoms. The van der Waals surface area contributed by atoms with Crippen molar-refractivity contribution in [3.63, 3.8) is 0 Å². The van der Waals surface area contributed by atoms with Gasteiger partial charge in [-0.2, -0.15) is 4.57 Å². The zero-order chi connectivity index (χ0) is 16.9. The van der Waals surface area contributed by atoms with Crippen molar-refractivity contribution in [2.75, 3.05) is 6.61 Å². The molecule has 3 N–H and O–H groups in total. The Morgan fingerprint density at radius 2 is 2.30 bits per heavy atom. The van der Waals surface area contributed by atoms with E-state index in [-0.39, 0.29) is 6.61 Å². The Kier molecular flexibility index (Phi) is 8.85. The smallest absolute Gasteiger partial charge is 0.190 e. The zero-order valence-corrected chi connectivity index (χ0v) is 13.2. The number of nitrogens with zero attached hydrogens (tertiary/aromatic N) is 3. The molecule has 0 aromatic carbocycles. The molecule has 6 nitrogen and oxygen atoms in total. The highest BCUT2D eigenvalue weighted by molar-refractivity contribution is 6.13. The molecule has 0 amide bonds. The van der Waals surface area contributed by atoms with Crippen LogP contribution in [0.4, 0.5) is 0 Å². The van der Waals surface area contributed by atoms with Crippen LogP contribution in [-0.2, 0) is 17.7 Å². The highest BCUT2D eigenvalue weighted by atomic mass is 16.5. The van der Waals surface area contributed by atoms with Crippen LogP contribution in [0.25, 0.3) is 0 Å². The first-order valence-corrected chi connectivity index (χ1v) is 7.31. The maximum Gasteiger partial charge on any atom is 0.190 e. The molecular formula is C17H24N4O2+2. The lowest BCUT2D eigenvalue weighted by atomic mass is 10.3. The number of nitrogens with two attached hydrogens (primary N) is 1. The number of aromatic nitrogens is 2. The van der Waals surface area contributed by atoms with Crippen molar-refractivity contribution in [3.05, 3.63) is 61.6 Å². The Labute approximate surface area is 136 Å². The Bertz CT molecular complexity index is 582. The second-order valence-corrected chi connectivity index (χ2v) is 4.80. The summed E-state index contributed by atoms with van der Waals surface area (Å²) in [6.07, 6.45) is 13.8. The summed E-state index contributed by atoms with van der Waals surface area (Å²) in [4.78, 5) is 8.32. The minimum atomic E-state index is -0.648. The quantitative estimate of drug-likeness (QED) is 0.256.